The van der Waals surface area contributed by atoms with Crippen molar-refractivity contribution in [2.75, 3.05) is 30.3 Å². The van der Waals surface area contributed by atoms with Gasteiger partial charge in [0.25, 0.3) is 0 Å². The summed E-state index contributed by atoms with van der Waals surface area (Å²) in [4.78, 5) is 216. The molecule has 0 saturated carbocycles. The number of hydrogen-bond acceptors (Lipinski definition) is 19. The highest BCUT2D eigenvalue weighted by molar-refractivity contribution is 6.30. The molecule has 1 aromatic heterocycles. The Morgan fingerprint density at radius 3 is 1.61 bits per heavy atom. The fourth-order valence-corrected chi connectivity index (χ4v) is 14.5. The number of carbonyl (C=O) groups excluding carboxylic acids is 15. The largest absolute Gasteiger partial charge is 0.394 e. The van der Waals surface area contributed by atoms with E-state index >= 15 is 28.8 Å². The van der Waals surface area contributed by atoms with Gasteiger partial charge >= 0.3 is 12.1 Å². The summed E-state index contributed by atoms with van der Waals surface area (Å²) in [6.45, 7) is 11.3. The van der Waals surface area contributed by atoms with Gasteiger partial charge in [0.05, 0.1) is 24.2 Å². The lowest BCUT2D eigenvalue weighted by molar-refractivity contribution is -0.142. The van der Waals surface area contributed by atoms with Gasteiger partial charge in [-0.3, -0.25) is 72.6 Å². The van der Waals surface area contributed by atoms with Gasteiger partial charge in [0, 0.05) is 79.6 Å². The zero-order valence-corrected chi connectivity index (χ0v) is 70.9. The van der Waals surface area contributed by atoms with Gasteiger partial charge in [-0.15, -0.1) is 0 Å². The van der Waals surface area contributed by atoms with Gasteiger partial charge in [0.1, 0.15) is 66.5 Å². The number of aliphatic hydroxyl groups excluding tert-OH is 1. The van der Waals surface area contributed by atoms with Gasteiger partial charge in [-0.05, 0) is 146 Å². The molecular weight excluding hydrogens is 1610 g/mol. The molecule has 6 aromatic carbocycles. The number of carbonyl (C=O) groups is 15. The first-order valence-corrected chi connectivity index (χ1v) is 41.6. The number of nitrogens with zero attached hydrogens (tertiary/aromatic N) is 2. The lowest BCUT2D eigenvalue weighted by Gasteiger charge is -2.31. The molecule has 2 aliphatic rings. The molecular formula is C88H110ClN19O16. The van der Waals surface area contributed by atoms with E-state index in [1.165, 1.54) is 67.3 Å². The number of likely N-dealkylation sites (tertiary alicyclic amines) is 1. The predicted molar refractivity (Wildman–Crippen MR) is 464 cm³/mol. The Bertz CT molecular complexity index is 4990. The third-order valence-corrected chi connectivity index (χ3v) is 21.2. The molecule has 1 unspecified atom stereocenters. The maximum Gasteiger partial charge on any atom is 0.322 e. The number of hydrogen-bond donors (Lipinski definition) is 18. The maximum atomic E-state index is 15.6. The van der Waals surface area contributed by atoms with E-state index in [2.05, 4.69) is 79.8 Å². The van der Waals surface area contributed by atoms with Crippen LogP contribution in [0, 0.1) is 5.92 Å². The topological polar surface area (TPSA) is 525 Å². The standard InChI is InChI=1S/C88H110ClN19O16/c1-48(2)39-66(78(114)99-65(19-12-13-37-92-49(3)4)86(122)108-38-14-20-73(108)84(120)94-51(6)76(90)112)100-80(116)68(42-55-26-34-62(35-27-55)98-87(91)123)101-81(117)69(43-54-24-32-61(33-25-54)97-77(113)71-45-74(111)106-88(124)105-71)103-83(119)72(47-109)104-85(121)75(50(5)93-46-63-36-29-58-16-10-11-18-64(58)96-63)107-82(118)70(41-53-22-30-60(89)31-23-53)102-79(115)67(95-52(7)110)44-56-21-28-57-15-8-9-17-59(57)40-56/h8-11,15-18,21-36,40,48-51,65-73,75,92-93,109H,12-14,19-20,37-39,41-47H2,1-7H3,(H2,90,112)(H,94,120)(H,95,110)(H,97,113)(H,99,114)(H,100,116)(H,101,117)(H,102,115)(H,103,119)(H,104,121)(H,107,118)(H3,91,98,123)(H2,105,106,111,124)/t50?,51-,65+,66+,67-,68-,69+,70-,71+,72+,73+,75-/m1/s1. The van der Waals surface area contributed by atoms with Crippen LogP contribution in [0.4, 0.5) is 21.0 Å². The monoisotopic (exact) mass is 1720 g/mol. The van der Waals surface area contributed by atoms with Gasteiger partial charge in [0.2, 0.25) is 76.8 Å². The van der Waals surface area contributed by atoms with Gasteiger partial charge in [-0.1, -0.05) is 142 Å². The van der Waals surface area contributed by atoms with E-state index in [0.717, 1.165) is 16.2 Å². The number of imide groups is 1. The summed E-state index contributed by atoms with van der Waals surface area (Å²) in [7, 11) is 0. The van der Waals surface area contributed by atoms with Crippen LogP contribution in [0.5, 0.6) is 0 Å². The number of urea groups is 2. The molecule has 2 aliphatic heterocycles. The lowest BCUT2D eigenvalue weighted by Crippen LogP contribution is -2.64. The zero-order valence-electron chi connectivity index (χ0n) is 70.1. The van der Waals surface area contributed by atoms with Crippen molar-refractivity contribution in [1.82, 2.24) is 79.0 Å². The predicted octanol–water partition coefficient (Wildman–Crippen LogP) is 2.60. The summed E-state index contributed by atoms with van der Waals surface area (Å²) < 4.78 is 0. The van der Waals surface area contributed by atoms with E-state index in [9.17, 15) is 48.3 Å². The van der Waals surface area contributed by atoms with Crippen molar-refractivity contribution in [3.05, 3.63) is 185 Å². The van der Waals surface area contributed by atoms with Crippen LogP contribution in [0.15, 0.2) is 152 Å². The second kappa shape index (κ2) is 45.8. The summed E-state index contributed by atoms with van der Waals surface area (Å²) in [6, 6.07) is 23.8. The highest BCUT2D eigenvalue weighted by atomic mass is 35.5. The van der Waals surface area contributed by atoms with Crippen LogP contribution < -0.4 is 91.2 Å². The Kier molecular flexibility index (Phi) is 35.0. The third-order valence-electron chi connectivity index (χ3n) is 21.0. The normalized spacial score (nSPS) is 16.2. The minimum atomic E-state index is -1.96. The SMILES string of the molecule is CC(=O)N[C@H](Cc1ccc2ccccc2c1)C(=O)N[C@H](Cc1ccc(Cl)cc1)C(=O)N[C@@H](C(=O)N[C@@H](CO)C(=O)N[C@@H](Cc1ccc(NC(=O)[C@@H]2CC(=O)NC(=O)N2)cc1)C(=O)N[C@H](Cc1ccc(NC(N)=O)cc1)C(=O)N[C@@H](CC(C)C)C(=O)N[C@@H](CCCCNC(C)C)C(=O)N1CCC[C@H]1C(=O)N[C@H](C)C(N)=O)C(C)NCc1ccc2ccccc2n1. The summed E-state index contributed by atoms with van der Waals surface area (Å²) >= 11 is 6.32. The first-order chi connectivity index (χ1) is 59.1. The van der Waals surface area contributed by atoms with E-state index in [1.54, 1.807) is 51.1 Å². The highest BCUT2D eigenvalue weighted by Gasteiger charge is 2.41. The van der Waals surface area contributed by atoms with Crippen molar-refractivity contribution in [2.24, 2.45) is 17.4 Å². The van der Waals surface area contributed by atoms with Crippen LogP contribution >= 0.6 is 11.6 Å². The number of halogens is 1. The number of pyridine rings is 1. The van der Waals surface area contributed by atoms with E-state index in [0.29, 0.717) is 58.7 Å². The maximum absolute atomic E-state index is 15.6. The summed E-state index contributed by atoms with van der Waals surface area (Å²) in [5.41, 5.74) is 14.3. The molecule has 2 fully saturated rings. The summed E-state index contributed by atoms with van der Waals surface area (Å²) in [5.74, 6) is -11.1. The second-order valence-corrected chi connectivity index (χ2v) is 32.2. The fraction of sp³-hybridized carbons (Fsp3) is 0.409. The van der Waals surface area contributed by atoms with Crippen LogP contribution in [0.3, 0.4) is 0 Å². The van der Waals surface area contributed by atoms with Gasteiger partial charge < -0.3 is 95.9 Å². The molecule has 3 heterocycles. The molecule has 0 radical (unpaired) electrons. The minimum Gasteiger partial charge on any atom is -0.394 e. The van der Waals surface area contributed by atoms with Crippen molar-refractivity contribution in [2.45, 2.75) is 204 Å². The smallest absolute Gasteiger partial charge is 0.322 e. The number of nitrogens with one attached hydrogen (secondary N) is 15. The molecule has 7 aromatic rings. The number of unbranched alkanes of at least 4 members (excludes halogenated alkanes) is 1. The number of rotatable bonds is 43. The van der Waals surface area contributed by atoms with Gasteiger partial charge in [0.15, 0.2) is 0 Å². The Balaban J connectivity index is 1.03. The number of para-hydroxylation sites is 1. The Labute approximate surface area is 722 Å². The van der Waals surface area contributed by atoms with Crippen molar-refractivity contribution in [1.29, 1.82) is 0 Å². The molecule has 9 rings (SSSR count). The second-order valence-electron chi connectivity index (χ2n) is 31.8. The van der Waals surface area contributed by atoms with Crippen LogP contribution in [-0.2, 0) is 94.6 Å². The Morgan fingerprint density at radius 2 is 1.04 bits per heavy atom. The van der Waals surface area contributed by atoms with Crippen molar-refractivity contribution in [3.63, 3.8) is 0 Å². The first-order valence-electron chi connectivity index (χ1n) is 41.3. The molecule has 35 nitrogen and oxygen atoms in total. The number of primary amides is 2. The van der Waals surface area contributed by atoms with Gasteiger partial charge in [-0.25, -0.2) is 9.59 Å². The molecule has 17 amide bonds. The number of aliphatic hydroxyl groups is 1. The molecule has 0 bridgehead atoms. The Morgan fingerprint density at radius 1 is 0.532 bits per heavy atom. The van der Waals surface area contributed by atoms with Crippen LogP contribution in [0.1, 0.15) is 121 Å². The molecule has 0 spiro atoms. The average molecular weight is 1730 g/mol. The number of benzene rings is 6. The van der Waals surface area contributed by atoms with Crippen LogP contribution in [0.25, 0.3) is 21.7 Å². The van der Waals surface area contributed by atoms with E-state index in [-0.39, 0.29) is 86.9 Å². The van der Waals surface area contributed by atoms with Crippen LogP contribution in [-0.4, -0.2) is 202 Å². The average Bonchev–Trinajstić information content (AvgIpc) is 1.44. The van der Waals surface area contributed by atoms with Gasteiger partial charge in [-0.2, -0.15) is 0 Å². The quantitative estimate of drug-likeness (QED) is 0.0244. The fourth-order valence-electron chi connectivity index (χ4n) is 14.4. The molecule has 124 heavy (non-hydrogen) atoms. The molecule has 36 heteroatoms. The number of amides is 17. The van der Waals surface area contributed by atoms with Crippen molar-refractivity contribution >= 4 is 134 Å². The number of fused-ring (bicyclic) bond motifs is 2. The summed E-state index contributed by atoms with van der Waals surface area (Å²) in [5, 5.41) is 54.9. The lowest BCUT2D eigenvalue weighted by atomic mass is 9.99. The number of aromatic nitrogens is 1. The molecule has 12 atom stereocenters. The van der Waals surface area contributed by atoms with Crippen molar-refractivity contribution in [3.8, 4) is 0 Å². The molecule has 20 N–H and O–H groups in total. The third kappa shape index (κ3) is 28.8. The zero-order chi connectivity index (χ0) is 89.8. The summed E-state index contributed by atoms with van der Waals surface area (Å²) in [6.07, 6.45) is 0.364. The minimum absolute atomic E-state index is 0.0000937. The molecule has 660 valence electrons. The number of anilines is 2. The first kappa shape index (κ1) is 94.9. The molecule has 2 saturated heterocycles. The van der Waals surface area contributed by atoms with E-state index in [4.69, 9.17) is 28.1 Å². The Hall–Kier alpha value is -13.0. The van der Waals surface area contributed by atoms with Crippen molar-refractivity contribution < 1.29 is 77.0 Å². The van der Waals surface area contributed by atoms with Crippen LogP contribution in [0.2, 0.25) is 5.02 Å². The van der Waals surface area contributed by atoms with E-state index < -0.39 is 174 Å². The number of nitrogens with two attached hydrogens (primary N) is 2. The van der Waals surface area contributed by atoms with E-state index in [1.807, 2.05) is 86.6 Å². The highest BCUT2D eigenvalue weighted by Crippen LogP contribution is 2.24. The molecule has 0 aliphatic carbocycles.